The maximum atomic E-state index is 4.45. The lowest BCUT2D eigenvalue weighted by atomic mass is 10.1. The molecule has 0 fully saturated rings. The predicted octanol–water partition coefficient (Wildman–Crippen LogP) is 3.38. The SMILES string of the molecule is Cn1ccc(-c2cccc(CNCc3ccccc3)c2)n1. The molecule has 0 aliphatic rings. The quantitative estimate of drug-likeness (QED) is 0.775. The molecule has 0 saturated carbocycles. The lowest BCUT2D eigenvalue weighted by Crippen LogP contribution is -2.12. The molecule has 1 aromatic heterocycles. The van der Waals surface area contributed by atoms with Gasteiger partial charge in [0.2, 0.25) is 0 Å². The van der Waals surface area contributed by atoms with Crippen LogP contribution in [0, 0.1) is 0 Å². The summed E-state index contributed by atoms with van der Waals surface area (Å²) in [6.07, 6.45) is 1.97. The molecule has 3 heteroatoms. The van der Waals surface area contributed by atoms with Crippen LogP contribution in [0.3, 0.4) is 0 Å². The van der Waals surface area contributed by atoms with E-state index < -0.39 is 0 Å². The van der Waals surface area contributed by atoms with E-state index in [1.54, 1.807) is 0 Å². The van der Waals surface area contributed by atoms with Crippen molar-refractivity contribution in [1.82, 2.24) is 15.1 Å². The normalized spacial score (nSPS) is 10.7. The number of nitrogens with zero attached hydrogens (tertiary/aromatic N) is 2. The molecule has 21 heavy (non-hydrogen) atoms. The molecule has 0 aliphatic heterocycles. The highest BCUT2D eigenvalue weighted by Gasteiger charge is 2.02. The van der Waals surface area contributed by atoms with Crippen molar-refractivity contribution >= 4 is 0 Å². The van der Waals surface area contributed by atoms with Crippen LogP contribution in [0.2, 0.25) is 0 Å². The molecule has 3 aromatic rings. The Morgan fingerprint density at radius 2 is 1.67 bits per heavy atom. The Bertz CT molecular complexity index is 701. The minimum absolute atomic E-state index is 0.857. The van der Waals surface area contributed by atoms with Gasteiger partial charge in [0, 0.05) is 31.9 Å². The Morgan fingerprint density at radius 1 is 0.905 bits per heavy atom. The molecule has 0 atom stereocenters. The molecule has 0 saturated heterocycles. The number of aryl methyl sites for hydroxylation is 1. The first kappa shape index (κ1) is 13.6. The highest BCUT2D eigenvalue weighted by Crippen LogP contribution is 2.18. The molecule has 0 aliphatic carbocycles. The summed E-state index contributed by atoms with van der Waals surface area (Å²) in [5.41, 5.74) is 4.75. The van der Waals surface area contributed by atoms with E-state index in [1.807, 2.05) is 30.1 Å². The lowest BCUT2D eigenvalue weighted by molar-refractivity contribution is 0.693. The van der Waals surface area contributed by atoms with Crippen LogP contribution in [0.25, 0.3) is 11.3 Å². The summed E-state index contributed by atoms with van der Waals surface area (Å²) in [7, 11) is 1.94. The molecule has 0 radical (unpaired) electrons. The molecule has 106 valence electrons. The van der Waals surface area contributed by atoms with Crippen LogP contribution in [0.15, 0.2) is 66.9 Å². The van der Waals surface area contributed by atoms with Crippen LogP contribution in [-0.4, -0.2) is 9.78 Å². The van der Waals surface area contributed by atoms with Gasteiger partial charge >= 0.3 is 0 Å². The summed E-state index contributed by atoms with van der Waals surface area (Å²) in [4.78, 5) is 0. The van der Waals surface area contributed by atoms with E-state index in [0.29, 0.717) is 0 Å². The zero-order valence-electron chi connectivity index (χ0n) is 12.2. The van der Waals surface area contributed by atoms with E-state index >= 15 is 0 Å². The predicted molar refractivity (Wildman–Crippen MR) is 85.6 cm³/mol. The Hall–Kier alpha value is -2.39. The first-order valence-corrected chi connectivity index (χ1v) is 7.15. The number of rotatable bonds is 5. The highest BCUT2D eigenvalue weighted by molar-refractivity contribution is 5.59. The Morgan fingerprint density at radius 3 is 2.43 bits per heavy atom. The summed E-state index contributed by atoms with van der Waals surface area (Å²) in [6, 6.07) is 21.0. The van der Waals surface area contributed by atoms with E-state index in [-0.39, 0.29) is 0 Å². The van der Waals surface area contributed by atoms with Crippen LogP contribution in [0.1, 0.15) is 11.1 Å². The summed E-state index contributed by atoms with van der Waals surface area (Å²) < 4.78 is 1.83. The first-order valence-electron chi connectivity index (χ1n) is 7.15. The smallest absolute Gasteiger partial charge is 0.0923 e. The summed E-state index contributed by atoms with van der Waals surface area (Å²) >= 11 is 0. The van der Waals surface area contributed by atoms with Crippen molar-refractivity contribution in [2.45, 2.75) is 13.1 Å². The van der Waals surface area contributed by atoms with Crippen molar-refractivity contribution in [3.05, 3.63) is 78.0 Å². The zero-order valence-corrected chi connectivity index (χ0v) is 12.2. The largest absolute Gasteiger partial charge is 0.309 e. The van der Waals surface area contributed by atoms with E-state index in [4.69, 9.17) is 0 Å². The van der Waals surface area contributed by atoms with Gasteiger partial charge in [-0.25, -0.2) is 0 Å². The zero-order chi connectivity index (χ0) is 14.5. The summed E-state index contributed by atoms with van der Waals surface area (Å²) in [5.74, 6) is 0. The Balaban J connectivity index is 1.64. The second kappa shape index (κ2) is 6.37. The molecule has 0 unspecified atom stereocenters. The summed E-state index contributed by atoms with van der Waals surface area (Å²) in [5, 5.41) is 7.92. The molecule has 0 amide bonds. The fraction of sp³-hybridized carbons (Fsp3) is 0.167. The second-order valence-electron chi connectivity index (χ2n) is 5.16. The number of hydrogen-bond acceptors (Lipinski definition) is 2. The summed E-state index contributed by atoms with van der Waals surface area (Å²) in [6.45, 7) is 1.74. The van der Waals surface area contributed by atoms with Gasteiger partial charge in [0.05, 0.1) is 5.69 Å². The molecular weight excluding hydrogens is 258 g/mol. The number of benzene rings is 2. The molecule has 1 heterocycles. The van der Waals surface area contributed by atoms with Gasteiger partial charge in [-0.2, -0.15) is 5.10 Å². The van der Waals surface area contributed by atoms with Crippen LogP contribution >= 0.6 is 0 Å². The maximum absolute atomic E-state index is 4.45. The third-order valence-corrected chi connectivity index (χ3v) is 3.44. The van der Waals surface area contributed by atoms with E-state index in [0.717, 1.165) is 24.3 Å². The monoisotopic (exact) mass is 277 g/mol. The number of aromatic nitrogens is 2. The van der Waals surface area contributed by atoms with Crippen molar-refractivity contribution in [2.75, 3.05) is 0 Å². The number of nitrogens with one attached hydrogen (secondary N) is 1. The second-order valence-corrected chi connectivity index (χ2v) is 5.16. The average Bonchev–Trinajstić information content (AvgIpc) is 2.95. The van der Waals surface area contributed by atoms with Gasteiger partial charge in [-0.1, -0.05) is 48.5 Å². The topological polar surface area (TPSA) is 29.9 Å². The van der Waals surface area contributed by atoms with Gasteiger partial charge in [0.25, 0.3) is 0 Å². The molecule has 0 bridgehead atoms. The van der Waals surface area contributed by atoms with Crippen LogP contribution in [-0.2, 0) is 20.1 Å². The minimum atomic E-state index is 0.857. The standard InChI is InChI=1S/C18H19N3/c1-21-11-10-18(20-21)17-9-5-8-16(12-17)14-19-13-15-6-3-2-4-7-15/h2-12,19H,13-14H2,1H3. The Labute approximate surface area is 125 Å². The van der Waals surface area contributed by atoms with Gasteiger partial charge < -0.3 is 5.32 Å². The highest BCUT2D eigenvalue weighted by atomic mass is 15.2. The van der Waals surface area contributed by atoms with E-state index in [1.165, 1.54) is 11.1 Å². The third kappa shape index (κ3) is 3.58. The van der Waals surface area contributed by atoms with Gasteiger partial charge in [-0.05, 0) is 23.3 Å². The van der Waals surface area contributed by atoms with Crippen LogP contribution in [0.4, 0.5) is 0 Å². The molecule has 2 aromatic carbocycles. The fourth-order valence-electron chi connectivity index (χ4n) is 2.36. The van der Waals surface area contributed by atoms with Crippen molar-refractivity contribution in [3.63, 3.8) is 0 Å². The van der Waals surface area contributed by atoms with Gasteiger partial charge in [0.1, 0.15) is 0 Å². The van der Waals surface area contributed by atoms with E-state index in [2.05, 4.69) is 58.9 Å². The van der Waals surface area contributed by atoms with Crippen LogP contribution in [0.5, 0.6) is 0 Å². The Kier molecular flexibility index (Phi) is 4.12. The van der Waals surface area contributed by atoms with Gasteiger partial charge in [0.15, 0.2) is 0 Å². The molecular formula is C18H19N3. The van der Waals surface area contributed by atoms with Crippen molar-refractivity contribution in [2.24, 2.45) is 7.05 Å². The maximum Gasteiger partial charge on any atom is 0.0923 e. The van der Waals surface area contributed by atoms with Crippen molar-refractivity contribution in [3.8, 4) is 11.3 Å². The lowest BCUT2D eigenvalue weighted by Gasteiger charge is -2.06. The minimum Gasteiger partial charge on any atom is -0.309 e. The third-order valence-electron chi connectivity index (χ3n) is 3.44. The van der Waals surface area contributed by atoms with Gasteiger partial charge in [-0.15, -0.1) is 0 Å². The van der Waals surface area contributed by atoms with Gasteiger partial charge in [-0.3, -0.25) is 4.68 Å². The molecule has 3 nitrogen and oxygen atoms in total. The van der Waals surface area contributed by atoms with Crippen molar-refractivity contribution in [1.29, 1.82) is 0 Å². The fourth-order valence-corrected chi connectivity index (χ4v) is 2.36. The van der Waals surface area contributed by atoms with Crippen molar-refractivity contribution < 1.29 is 0 Å². The van der Waals surface area contributed by atoms with Crippen LogP contribution < -0.4 is 5.32 Å². The first-order chi connectivity index (χ1) is 10.3. The molecule has 0 spiro atoms. The molecule has 3 rings (SSSR count). The number of hydrogen-bond donors (Lipinski definition) is 1. The van der Waals surface area contributed by atoms with E-state index in [9.17, 15) is 0 Å². The molecule has 1 N–H and O–H groups in total. The average molecular weight is 277 g/mol.